The van der Waals surface area contributed by atoms with Crippen LogP contribution in [-0.2, 0) is 27.6 Å². The highest BCUT2D eigenvalue weighted by Gasteiger charge is 2.46. The van der Waals surface area contributed by atoms with Crippen molar-refractivity contribution in [2.24, 2.45) is 0 Å². The number of ether oxygens (including phenoxy) is 1. The number of hydrogen-bond acceptors (Lipinski definition) is 6. The molecule has 0 spiro atoms. The van der Waals surface area contributed by atoms with Crippen LogP contribution in [0.25, 0.3) is 0 Å². The molecule has 0 fully saturated rings. The molecule has 0 bridgehead atoms. The van der Waals surface area contributed by atoms with Crippen molar-refractivity contribution in [3.05, 3.63) is 12.2 Å². The third kappa shape index (κ3) is 7.20. The van der Waals surface area contributed by atoms with E-state index in [9.17, 15) is 9.59 Å². The number of rotatable bonds is 8. The molecule has 0 aliphatic carbocycles. The Kier molecular flexibility index (Phi) is 7.49. The molecule has 0 saturated heterocycles. The average molecular weight is 276 g/mol. The second kappa shape index (κ2) is 8.01. The number of hydrogen-bond donors (Lipinski definition) is 0. The Hall–Kier alpha value is -1.18. The van der Waals surface area contributed by atoms with Gasteiger partial charge in [-0.05, 0) is 6.92 Å². The Labute approximate surface area is 108 Å². The summed E-state index contributed by atoms with van der Waals surface area (Å²) >= 11 is 0. The summed E-state index contributed by atoms with van der Waals surface area (Å²) < 4.78 is 20.5. The second-order valence-corrected chi connectivity index (χ2v) is 6.52. The average Bonchev–Trinajstić information content (AvgIpc) is 2.22. The van der Waals surface area contributed by atoms with Crippen LogP contribution in [0.2, 0.25) is 6.04 Å². The highest BCUT2D eigenvalue weighted by atomic mass is 28.4. The summed E-state index contributed by atoms with van der Waals surface area (Å²) in [5, 5.41) is 0. The third-order valence-corrected chi connectivity index (χ3v) is 4.45. The molecule has 0 rings (SSSR count). The molecule has 7 heteroatoms. The summed E-state index contributed by atoms with van der Waals surface area (Å²) in [5.74, 6) is -1.10. The lowest BCUT2D eigenvalue weighted by Gasteiger charge is -2.25. The fourth-order valence-corrected chi connectivity index (χ4v) is 3.08. The van der Waals surface area contributed by atoms with Crippen LogP contribution in [0.1, 0.15) is 20.8 Å². The lowest BCUT2D eigenvalue weighted by molar-refractivity contribution is -0.142. The van der Waals surface area contributed by atoms with E-state index in [2.05, 4.69) is 6.58 Å². The Morgan fingerprint density at radius 1 is 1.11 bits per heavy atom. The quantitative estimate of drug-likeness (QED) is 0.378. The predicted molar refractivity (Wildman–Crippen MR) is 66.7 cm³/mol. The van der Waals surface area contributed by atoms with Gasteiger partial charge in [0.25, 0.3) is 11.9 Å². The van der Waals surface area contributed by atoms with Crippen LogP contribution in [0.5, 0.6) is 0 Å². The van der Waals surface area contributed by atoms with Crippen molar-refractivity contribution in [3.63, 3.8) is 0 Å². The summed E-state index contributed by atoms with van der Waals surface area (Å²) in [6, 6.07) is 0.218. The van der Waals surface area contributed by atoms with Gasteiger partial charge in [-0.3, -0.25) is 9.59 Å². The van der Waals surface area contributed by atoms with E-state index in [-0.39, 0.29) is 12.7 Å². The van der Waals surface area contributed by atoms with Gasteiger partial charge in [0, 0.05) is 21.0 Å². The molecule has 0 aliphatic rings. The van der Waals surface area contributed by atoms with E-state index < -0.39 is 20.7 Å². The molecule has 0 N–H and O–H groups in total. The SMILES string of the molecule is C=C(C)COCC[Si](OC)(OC(C)=O)OC(C)=O. The minimum atomic E-state index is -3.32. The van der Waals surface area contributed by atoms with Crippen molar-refractivity contribution in [1.82, 2.24) is 0 Å². The lowest BCUT2D eigenvalue weighted by Crippen LogP contribution is -2.48. The fraction of sp³-hybridized carbons (Fsp3) is 0.636. The zero-order valence-corrected chi connectivity index (χ0v) is 12.3. The van der Waals surface area contributed by atoms with Gasteiger partial charge in [0.15, 0.2) is 0 Å². The van der Waals surface area contributed by atoms with E-state index in [1.54, 1.807) is 0 Å². The molecule has 18 heavy (non-hydrogen) atoms. The number of carbonyl (C=O) groups excluding carboxylic acids is 2. The normalized spacial score (nSPS) is 10.9. The van der Waals surface area contributed by atoms with Crippen molar-refractivity contribution in [2.45, 2.75) is 26.8 Å². The molecule has 0 unspecified atom stereocenters. The predicted octanol–water partition coefficient (Wildman–Crippen LogP) is 1.29. The minimum Gasteiger partial charge on any atom is -0.464 e. The highest BCUT2D eigenvalue weighted by molar-refractivity contribution is 6.64. The molecule has 0 aromatic rings. The third-order valence-electron chi connectivity index (χ3n) is 1.81. The first-order valence-electron chi connectivity index (χ1n) is 5.48. The Bertz CT molecular complexity index is 299. The maximum Gasteiger partial charge on any atom is 0.638 e. The first-order chi connectivity index (χ1) is 8.31. The molecule has 0 saturated carbocycles. The molecule has 0 aliphatic heterocycles. The largest absolute Gasteiger partial charge is 0.638 e. The Morgan fingerprint density at radius 3 is 1.94 bits per heavy atom. The van der Waals surface area contributed by atoms with Crippen molar-refractivity contribution in [1.29, 1.82) is 0 Å². The minimum absolute atomic E-state index is 0.218. The molecule has 0 aromatic carbocycles. The van der Waals surface area contributed by atoms with Crippen LogP contribution >= 0.6 is 0 Å². The van der Waals surface area contributed by atoms with Crippen LogP contribution in [0.3, 0.4) is 0 Å². The first-order valence-corrected chi connectivity index (χ1v) is 7.41. The maximum atomic E-state index is 11.0. The summed E-state index contributed by atoms with van der Waals surface area (Å²) in [6.45, 7) is 8.65. The van der Waals surface area contributed by atoms with Crippen LogP contribution in [0.15, 0.2) is 12.2 Å². The smallest absolute Gasteiger partial charge is 0.464 e. The van der Waals surface area contributed by atoms with E-state index in [0.717, 1.165) is 5.57 Å². The molecule has 0 atom stereocenters. The van der Waals surface area contributed by atoms with Crippen LogP contribution in [-0.4, -0.2) is 41.1 Å². The topological polar surface area (TPSA) is 71.1 Å². The van der Waals surface area contributed by atoms with Gasteiger partial charge in [0.2, 0.25) is 0 Å². The van der Waals surface area contributed by atoms with E-state index in [0.29, 0.717) is 6.61 Å². The van der Waals surface area contributed by atoms with Crippen LogP contribution < -0.4 is 0 Å². The molecule has 0 aromatic heterocycles. The first kappa shape index (κ1) is 16.8. The molecular formula is C11H20O6Si. The van der Waals surface area contributed by atoms with E-state index in [1.807, 2.05) is 6.92 Å². The molecule has 6 nitrogen and oxygen atoms in total. The van der Waals surface area contributed by atoms with Gasteiger partial charge < -0.3 is 18.0 Å². The Morgan fingerprint density at radius 2 is 1.61 bits per heavy atom. The molecule has 0 amide bonds. The van der Waals surface area contributed by atoms with Crippen LogP contribution in [0, 0.1) is 0 Å². The Balaban J connectivity index is 4.47. The fourth-order valence-electron chi connectivity index (χ4n) is 1.19. The molecule has 0 heterocycles. The summed E-state index contributed by atoms with van der Waals surface area (Å²) in [6.07, 6.45) is 0. The second-order valence-electron chi connectivity index (χ2n) is 3.83. The van der Waals surface area contributed by atoms with Gasteiger partial charge in [-0.25, -0.2) is 0 Å². The van der Waals surface area contributed by atoms with E-state index in [1.165, 1.54) is 21.0 Å². The number of carbonyl (C=O) groups is 2. The molecule has 104 valence electrons. The van der Waals surface area contributed by atoms with Crippen molar-refractivity contribution < 1.29 is 27.6 Å². The van der Waals surface area contributed by atoms with Gasteiger partial charge in [-0.2, -0.15) is 0 Å². The van der Waals surface area contributed by atoms with Crippen molar-refractivity contribution in [3.8, 4) is 0 Å². The molecular weight excluding hydrogens is 256 g/mol. The standard InChI is InChI=1S/C11H20O6Si/c1-9(2)8-15-6-7-18(14-5,16-10(3)12)17-11(4)13/h1,6-8H2,2-5H3. The van der Waals surface area contributed by atoms with Crippen molar-refractivity contribution in [2.75, 3.05) is 20.3 Å². The highest BCUT2D eigenvalue weighted by Crippen LogP contribution is 2.16. The van der Waals surface area contributed by atoms with Crippen molar-refractivity contribution >= 4 is 20.7 Å². The van der Waals surface area contributed by atoms with E-state index >= 15 is 0 Å². The van der Waals surface area contributed by atoms with Crippen LogP contribution in [0.4, 0.5) is 0 Å². The monoisotopic (exact) mass is 276 g/mol. The zero-order valence-electron chi connectivity index (χ0n) is 11.3. The van der Waals surface area contributed by atoms with E-state index in [4.69, 9.17) is 18.0 Å². The van der Waals surface area contributed by atoms with Gasteiger partial charge in [0.05, 0.1) is 19.3 Å². The summed E-state index contributed by atoms with van der Waals surface area (Å²) in [5.41, 5.74) is 0.875. The van der Waals surface area contributed by atoms with Gasteiger partial charge >= 0.3 is 8.80 Å². The van der Waals surface area contributed by atoms with Gasteiger partial charge in [0.1, 0.15) is 0 Å². The summed E-state index contributed by atoms with van der Waals surface area (Å²) in [7, 11) is -1.98. The van der Waals surface area contributed by atoms with Gasteiger partial charge in [-0.15, -0.1) is 0 Å². The van der Waals surface area contributed by atoms with Gasteiger partial charge in [-0.1, -0.05) is 12.2 Å². The molecule has 0 radical (unpaired) electrons. The summed E-state index contributed by atoms with van der Waals surface area (Å²) in [4.78, 5) is 22.1. The lowest BCUT2D eigenvalue weighted by atomic mass is 10.4. The maximum absolute atomic E-state index is 11.0. The zero-order chi connectivity index (χ0) is 14.2.